The lowest BCUT2D eigenvalue weighted by atomic mass is 9.34. The zero-order chi connectivity index (χ0) is 38.1. The molecular formula is C54H29BN4. The van der Waals surface area contributed by atoms with Crippen LogP contribution in [0.5, 0.6) is 0 Å². The van der Waals surface area contributed by atoms with Crippen molar-refractivity contribution in [2.45, 2.75) is 0 Å². The fourth-order valence-electron chi connectivity index (χ4n) is 11.3. The fourth-order valence-corrected chi connectivity index (χ4v) is 11.3. The van der Waals surface area contributed by atoms with E-state index in [1.807, 2.05) is 24.5 Å². The maximum Gasteiger partial charge on any atom is 0.252 e. The molecular weight excluding hydrogens is 715 g/mol. The van der Waals surface area contributed by atoms with Gasteiger partial charge in [-0.3, -0.25) is 9.97 Å². The summed E-state index contributed by atoms with van der Waals surface area (Å²) in [6, 6.07) is 61.2. The smallest absolute Gasteiger partial charge is 0.252 e. The molecule has 0 fully saturated rings. The average molecular weight is 745 g/mol. The lowest BCUT2D eigenvalue weighted by Gasteiger charge is -2.34. The van der Waals surface area contributed by atoms with Crippen molar-refractivity contribution in [2.75, 3.05) is 0 Å². The first-order valence-electron chi connectivity index (χ1n) is 20.4. The van der Waals surface area contributed by atoms with E-state index in [0.29, 0.717) is 0 Å². The van der Waals surface area contributed by atoms with Gasteiger partial charge < -0.3 is 9.13 Å². The highest BCUT2D eigenvalue weighted by molar-refractivity contribution is 7.00. The Kier molecular flexibility index (Phi) is 5.46. The molecule has 2 aliphatic rings. The Morgan fingerprint density at radius 3 is 1.46 bits per heavy atom. The van der Waals surface area contributed by atoms with Crippen molar-refractivity contribution < 1.29 is 0 Å². The van der Waals surface area contributed by atoms with Crippen molar-refractivity contribution in [2.24, 2.45) is 0 Å². The van der Waals surface area contributed by atoms with Crippen LogP contribution in [-0.4, -0.2) is 25.8 Å². The van der Waals surface area contributed by atoms with Gasteiger partial charge in [0, 0.05) is 50.9 Å². The summed E-state index contributed by atoms with van der Waals surface area (Å²) in [4.78, 5) is 9.69. The summed E-state index contributed by atoms with van der Waals surface area (Å²) in [6.07, 6.45) is 3.88. The monoisotopic (exact) mass is 744 g/mol. The summed E-state index contributed by atoms with van der Waals surface area (Å²) in [5.41, 5.74) is 15.5. The zero-order valence-corrected chi connectivity index (χ0v) is 31.6. The van der Waals surface area contributed by atoms with Crippen molar-refractivity contribution in [3.63, 3.8) is 0 Å². The minimum Gasteiger partial charge on any atom is -0.310 e. The van der Waals surface area contributed by atoms with Gasteiger partial charge in [0.1, 0.15) is 0 Å². The van der Waals surface area contributed by atoms with Gasteiger partial charge in [0.2, 0.25) is 0 Å². The highest BCUT2D eigenvalue weighted by Crippen LogP contribution is 2.46. The number of rotatable bonds is 1. The summed E-state index contributed by atoms with van der Waals surface area (Å²) in [5, 5.41) is 15.5. The second-order valence-electron chi connectivity index (χ2n) is 16.5. The lowest BCUT2D eigenvalue weighted by molar-refractivity contribution is 1.14. The third-order valence-electron chi connectivity index (χ3n) is 13.7. The molecule has 4 nitrogen and oxygen atoms in total. The van der Waals surface area contributed by atoms with Gasteiger partial charge in [0.05, 0.1) is 33.1 Å². The van der Waals surface area contributed by atoms with Crippen molar-refractivity contribution in [1.29, 1.82) is 0 Å². The molecule has 0 N–H and O–H groups in total. The molecule has 0 aliphatic carbocycles. The van der Waals surface area contributed by atoms with E-state index in [2.05, 4.69) is 161 Å². The van der Waals surface area contributed by atoms with Crippen LogP contribution >= 0.6 is 0 Å². The van der Waals surface area contributed by atoms with E-state index < -0.39 is 0 Å². The molecule has 6 heterocycles. The second-order valence-corrected chi connectivity index (χ2v) is 16.5. The minimum atomic E-state index is -0.00388. The molecule has 0 amide bonds. The van der Waals surface area contributed by atoms with E-state index in [0.717, 1.165) is 22.2 Å². The van der Waals surface area contributed by atoms with E-state index in [-0.39, 0.29) is 6.71 Å². The molecule has 0 atom stereocenters. The molecule has 13 aromatic rings. The number of nitrogens with zero attached hydrogens (tertiary/aromatic N) is 4. The van der Waals surface area contributed by atoms with E-state index in [4.69, 9.17) is 9.97 Å². The third kappa shape index (κ3) is 3.68. The highest BCUT2D eigenvalue weighted by atomic mass is 15.0. The zero-order valence-electron chi connectivity index (χ0n) is 31.6. The Balaban J connectivity index is 1.22. The molecule has 0 unspecified atom stereocenters. The first-order valence-corrected chi connectivity index (χ1v) is 20.4. The van der Waals surface area contributed by atoms with Gasteiger partial charge >= 0.3 is 0 Å². The maximum absolute atomic E-state index is 4.94. The molecule has 0 saturated carbocycles. The summed E-state index contributed by atoms with van der Waals surface area (Å²) in [5.74, 6) is 0. The normalized spacial score (nSPS) is 13.1. The highest BCUT2D eigenvalue weighted by Gasteiger charge is 2.42. The Labute approximate surface area is 337 Å². The molecule has 268 valence electrons. The van der Waals surface area contributed by atoms with Crippen LogP contribution in [0, 0.1) is 0 Å². The summed E-state index contributed by atoms with van der Waals surface area (Å²) < 4.78 is 5.21. The number of benzene rings is 9. The van der Waals surface area contributed by atoms with Crippen molar-refractivity contribution in [3.05, 3.63) is 176 Å². The van der Waals surface area contributed by atoms with Crippen molar-refractivity contribution in [1.82, 2.24) is 19.1 Å². The summed E-state index contributed by atoms with van der Waals surface area (Å²) in [6.45, 7) is -0.00388. The molecule has 2 aliphatic heterocycles. The third-order valence-corrected chi connectivity index (χ3v) is 13.7. The first kappa shape index (κ1) is 30.4. The predicted molar refractivity (Wildman–Crippen MR) is 248 cm³/mol. The quantitative estimate of drug-likeness (QED) is 0.157. The summed E-state index contributed by atoms with van der Waals surface area (Å²) >= 11 is 0. The number of pyridine rings is 2. The Hall–Kier alpha value is -7.76. The van der Waals surface area contributed by atoms with Gasteiger partial charge in [-0.15, -0.1) is 0 Å². The predicted octanol–water partition coefficient (Wildman–Crippen LogP) is 11.2. The lowest BCUT2D eigenvalue weighted by Crippen LogP contribution is -2.59. The average Bonchev–Trinajstić information content (AvgIpc) is 3.84. The Bertz CT molecular complexity index is 3880. The standard InChI is InChI=1S/C54H29BN4/c1-5-14-36-30(10-1)19-21-44-48(36)50-38-16-7-3-12-32(38)24-40-53(50)58(44)46-27-34(35-26-43-42(57-29-35)18-9-23-56-43)28-47-52(46)55(40)41-25-33-13-4-8-17-39(33)51-49-37-15-6-2-11-31(37)20-22-45(49)59(47)54(41)51/h1-29H. The first-order chi connectivity index (χ1) is 29.3. The minimum absolute atomic E-state index is 0.00388. The van der Waals surface area contributed by atoms with Crippen LogP contribution in [0.3, 0.4) is 0 Å². The Morgan fingerprint density at radius 1 is 0.390 bits per heavy atom. The van der Waals surface area contributed by atoms with Crippen LogP contribution in [0.25, 0.3) is 120 Å². The molecule has 0 bridgehead atoms. The van der Waals surface area contributed by atoms with Gasteiger partial charge in [0.15, 0.2) is 0 Å². The number of hydrogen-bond donors (Lipinski definition) is 0. The van der Waals surface area contributed by atoms with E-state index in [9.17, 15) is 0 Å². The van der Waals surface area contributed by atoms with Crippen molar-refractivity contribution in [3.8, 4) is 22.5 Å². The molecule has 0 radical (unpaired) electrons. The van der Waals surface area contributed by atoms with Crippen LogP contribution in [-0.2, 0) is 0 Å². The molecule has 4 aromatic heterocycles. The molecule has 9 aromatic carbocycles. The van der Waals surface area contributed by atoms with Crippen LogP contribution in [0.1, 0.15) is 0 Å². The number of fused-ring (bicyclic) bond motifs is 19. The summed E-state index contributed by atoms with van der Waals surface area (Å²) in [7, 11) is 0. The molecule has 5 heteroatoms. The van der Waals surface area contributed by atoms with Crippen LogP contribution in [0.2, 0.25) is 0 Å². The Morgan fingerprint density at radius 2 is 0.898 bits per heavy atom. The number of hydrogen-bond acceptors (Lipinski definition) is 2. The SMILES string of the molecule is c1ccc2c(c1)ccc1c2c2c3ccccc3cc3c2n1-c1cc(-c2cnc4cccnc4c2)cc2c1B3c1cc3ccccc3c3c4c5ccccc5ccc4n-2c13. The molecule has 59 heavy (non-hydrogen) atoms. The van der Waals surface area contributed by atoms with Gasteiger partial charge in [-0.1, -0.05) is 121 Å². The topological polar surface area (TPSA) is 35.6 Å². The van der Waals surface area contributed by atoms with E-state index in [1.165, 1.54) is 114 Å². The second kappa shape index (κ2) is 10.6. The van der Waals surface area contributed by atoms with E-state index >= 15 is 0 Å². The largest absolute Gasteiger partial charge is 0.310 e. The molecule has 15 rings (SSSR count). The maximum atomic E-state index is 4.94. The van der Waals surface area contributed by atoms with E-state index in [1.54, 1.807) is 0 Å². The van der Waals surface area contributed by atoms with Gasteiger partial charge in [-0.05, 0) is 108 Å². The fraction of sp³-hybridized carbons (Fsp3) is 0. The van der Waals surface area contributed by atoms with Gasteiger partial charge in [-0.25, -0.2) is 0 Å². The molecule has 0 spiro atoms. The van der Waals surface area contributed by atoms with Gasteiger partial charge in [-0.2, -0.15) is 0 Å². The van der Waals surface area contributed by atoms with Gasteiger partial charge in [0.25, 0.3) is 6.71 Å². The van der Waals surface area contributed by atoms with Crippen LogP contribution in [0.15, 0.2) is 176 Å². The number of aromatic nitrogens is 4. The molecule has 0 saturated heterocycles. The van der Waals surface area contributed by atoms with Crippen LogP contribution in [0.4, 0.5) is 0 Å². The van der Waals surface area contributed by atoms with Crippen LogP contribution < -0.4 is 16.4 Å². The van der Waals surface area contributed by atoms with Crippen molar-refractivity contribution >= 4 is 121 Å².